The largest absolute Gasteiger partial charge is 0.0843 e. The van der Waals surface area contributed by atoms with Gasteiger partial charge in [-0.25, -0.2) is 0 Å². The Balaban J connectivity index is 2.41. The van der Waals surface area contributed by atoms with Crippen LogP contribution < -0.4 is 0 Å². The van der Waals surface area contributed by atoms with E-state index in [1.807, 2.05) is 18.2 Å². The molecule has 0 spiro atoms. The van der Waals surface area contributed by atoms with Gasteiger partial charge in [0, 0.05) is 5.02 Å². The van der Waals surface area contributed by atoms with E-state index in [0.29, 0.717) is 0 Å². The first kappa shape index (κ1) is 9.60. The molecule has 0 bridgehead atoms. The molecular weight excluding hydrogens is 168 g/mol. The lowest BCUT2D eigenvalue weighted by Gasteiger charge is -1.99. The van der Waals surface area contributed by atoms with Crippen molar-refractivity contribution in [1.29, 1.82) is 0 Å². The van der Waals surface area contributed by atoms with Crippen molar-refractivity contribution in [2.75, 3.05) is 0 Å². The highest BCUT2D eigenvalue weighted by Gasteiger charge is 1.93. The van der Waals surface area contributed by atoms with Gasteiger partial charge in [-0.2, -0.15) is 0 Å². The molecule has 1 aromatic carbocycles. The predicted octanol–water partition coefficient (Wildman–Crippen LogP) is 3.89. The zero-order valence-electron chi connectivity index (χ0n) is 7.39. The third-order valence-electron chi connectivity index (χ3n) is 1.81. The Morgan fingerprint density at radius 2 is 2.25 bits per heavy atom. The molecular formula is C11H14Cl. The van der Waals surface area contributed by atoms with Crippen LogP contribution in [0.25, 0.3) is 0 Å². The Bertz CT molecular complexity index is 230. The number of halogens is 1. The molecule has 0 heterocycles. The van der Waals surface area contributed by atoms with E-state index in [4.69, 9.17) is 11.6 Å². The zero-order valence-corrected chi connectivity index (χ0v) is 8.14. The summed E-state index contributed by atoms with van der Waals surface area (Å²) in [7, 11) is 0. The Labute approximate surface area is 79.6 Å². The van der Waals surface area contributed by atoms with Gasteiger partial charge in [0.25, 0.3) is 0 Å². The molecule has 0 aromatic heterocycles. The van der Waals surface area contributed by atoms with Crippen molar-refractivity contribution in [1.82, 2.24) is 0 Å². The number of benzene rings is 1. The predicted molar refractivity (Wildman–Crippen MR) is 54.4 cm³/mol. The van der Waals surface area contributed by atoms with E-state index < -0.39 is 0 Å². The number of hydrogen-bond acceptors (Lipinski definition) is 0. The summed E-state index contributed by atoms with van der Waals surface area (Å²) in [6.07, 6.45) is 5.70. The molecule has 0 saturated heterocycles. The topological polar surface area (TPSA) is 0 Å². The Morgan fingerprint density at radius 1 is 1.42 bits per heavy atom. The third-order valence-corrected chi connectivity index (χ3v) is 2.05. The van der Waals surface area contributed by atoms with Crippen molar-refractivity contribution in [2.45, 2.75) is 26.2 Å². The number of hydrogen-bond donors (Lipinski definition) is 0. The summed E-state index contributed by atoms with van der Waals surface area (Å²) in [6.45, 7) is 2.16. The minimum atomic E-state index is 0.837. The summed E-state index contributed by atoms with van der Waals surface area (Å²) in [6, 6.07) is 8.07. The molecule has 0 aliphatic carbocycles. The molecule has 0 atom stereocenters. The van der Waals surface area contributed by atoms with E-state index in [9.17, 15) is 0 Å². The van der Waals surface area contributed by atoms with Crippen molar-refractivity contribution in [3.63, 3.8) is 0 Å². The normalized spacial score (nSPS) is 10.2. The molecule has 0 unspecified atom stereocenters. The summed E-state index contributed by atoms with van der Waals surface area (Å²) in [5.41, 5.74) is 1.33. The fourth-order valence-electron chi connectivity index (χ4n) is 1.17. The molecule has 1 aromatic rings. The van der Waals surface area contributed by atoms with E-state index in [1.165, 1.54) is 5.56 Å². The van der Waals surface area contributed by atoms with Gasteiger partial charge < -0.3 is 0 Å². The van der Waals surface area contributed by atoms with Crippen LogP contribution in [-0.2, 0) is 6.42 Å². The van der Waals surface area contributed by atoms with Gasteiger partial charge in [0.2, 0.25) is 0 Å². The van der Waals surface area contributed by atoms with Gasteiger partial charge in [-0.1, -0.05) is 37.1 Å². The second-order valence-corrected chi connectivity index (χ2v) is 3.30. The smallest absolute Gasteiger partial charge is 0.0408 e. The highest BCUT2D eigenvalue weighted by atomic mass is 35.5. The van der Waals surface area contributed by atoms with Crippen LogP contribution in [0.2, 0.25) is 5.02 Å². The van der Waals surface area contributed by atoms with Gasteiger partial charge in [0.15, 0.2) is 0 Å². The van der Waals surface area contributed by atoms with Crippen molar-refractivity contribution in [3.05, 3.63) is 41.3 Å². The maximum Gasteiger partial charge on any atom is 0.0408 e. The molecule has 0 amide bonds. The molecule has 1 heteroatoms. The van der Waals surface area contributed by atoms with Gasteiger partial charge in [0.05, 0.1) is 0 Å². The lowest BCUT2D eigenvalue weighted by atomic mass is 10.1. The highest BCUT2D eigenvalue weighted by Crippen LogP contribution is 2.12. The maximum absolute atomic E-state index is 5.85. The minimum absolute atomic E-state index is 0.837. The Morgan fingerprint density at radius 3 is 2.92 bits per heavy atom. The first-order chi connectivity index (χ1) is 5.83. The molecule has 0 saturated carbocycles. The average molecular weight is 182 g/mol. The van der Waals surface area contributed by atoms with E-state index in [1.54, 1.807) is 0 Å². The van der Waals surface area contributed by atoms with Gasteiger partial charge in [-0.05, 0) is 37.0 Å². The van der Waals surface area contributed by atoms with Gasteiger partial charge >= 0.3 is 0 Å². The molecule has 0 aliphatic heterocycles. The van der Waals surface area contributed by atoms with Crippen LogP contribution in [0.15, 0.2) is 24.3 Å². The molecule has 1 rings (SSSR count). The molecule has 1 radical (unpaired) electrons. The van der Waals surface area contributed by atoms with E-state index in [2.05, 4.69) is 19.4 Å². The van der Waals surface area contributed by atoms with Gasteiger partial charge in [-0.3, -0.25) is 0 Å². The third kappa shape index (κ3) is 3.27. The van der Waals surface area contributed by atoms with Crippen LogP contribution in [0.5, 0.6) is 0 Å². The first-order valence-corrected chi connectivity index (χ1v) is 4.77. The van der Waals surface area contributed by atoms with Crippen molar-refractivity contribution in [3.8, 4) is 0 Å². The summed E-state index contributed by atoms with van der Waals surface area (Å²) in [5, 5.41) is 0.837. The van der Waals surface area contributed by atoms with E-state index >= 15 is 0 Å². The summed E-state index contributed by atoms with van der Waals surface area (Å²) in [4.78, 5) is 0. The molecule has 65 valence electrons. The fourth-order valence-corrected chi connectivity index (χ4v) is 1.38. The van der Waals surface area contributed by atoms with Crippen molar-refractivity contribution < 1.29 is 0 Å². The first-order valence-electron chi connectivity index (χ1n) is 4.39. The molecule has 12 heavy (non-hydrogen) atoms. The van der Waals surface area contributed by atoms with Crippen LogP contribution in [0, 0.1) is 6.42 Å². The molecule has 0 N–H and O–H groups in total. The van der Waals surface area contributed by atoms with Crippen molar-refractivity contribution >= 4 is 11.6 Å². The summed E-state index contributed by atoms with van der Waals surface area (Å²) >= 11 is 5.85. The van der Waals surface area contributed by atoms with Gasteiger partial charge in [-0.15, -0.1) is 0 Å². The number of aryl methyl sites for hydroxylation is 1. The summed E-state index contributed by atoms with van der Waals surface area (Å²) in [5.74, 6) is 0. The van der Waals surface area contributed by atoms with Crippen LogP contribution in [0.3, 0.4) is 0 Å². The van der Waals surface area contributed by atoms with Gasteiger partial charge in [0.1, 0.15) is 0 Å². The summed E-state index contributed by atoms with van der Waals surface area (Å²) < 4.78 is 0. The standard InChI is InChI=1S/C11H14Cl/c1-2-3-4-6-10-7-5-8-11(12)9-10/h3,5,7-9H,2,4,6H2,1H3. The SMILES string of the molecule is CC[CH]CCc1cccc(Cl)c1. The maximum atomic E-state index is 5.85. The van der Waals surface area contributed by atoms with Crippen LogP contribution in [0.4, 0.5) is 0 Å². The van der Waals surface area contributed by atoms with E-state index in [0.717, 1.165) is 24.3 Å². The Kier molecular flexibility index (Phi) is 4.16. The van der Waals surface area contributed by atoms with Crippen LogP contribution in [-0.4, -0.2) is 0 Å². The fraction of sp³-hybridized carbons (Fsp3) is 0.364. The molecule has 0 fully saturated rings. The Hall–Kier alpha value is -0.490. The zero-order chi connectivity index (χ0) is 8.81. The lowest BCUT2D eigenvalue weighted by Crippen LogP contribution is -1.84. The quantitative estimate of drug-likeness (QED) is 0.619. The highest BCUT2D eigenvalue weighted by molar-refractivity contribution is 6.30. The number of unbranched alkanes of at least 4 members (excludes halogenated alkanes) is 2. The molecule has 0 nitrogen and oxygen atoms in total. The second kappa shape index (κ2) is 5.21. The average Bonchev–Trinajstić information content (AvgIpc) is 2.05. The molecule has 0 aliphatic rings. The minimum Gasteiger partial charge on any atom is -0.0843 e. The second-order valence-electron chi connectivity index (χ2n) is 2.87. The van der Waals surface area contributed by atoms with Crippen LogP contribution in [0.1, 0.15) is 25.3 Å². The van der Waals surface area contributed by atoms with Crippen LogP contribution >= 0.6 is 11.6 Å². The van der Waals surface area contributed by atoms with Crippen molar-refractivity contribution in [2.24, 2.45) is 0 Å². The number of rotatable bonds is 4. The lowest BCUT2D eigenvalue weighted by molar-refractivity contribution is 0.878. The monoisotopic (exact) mass is 181 g/mol. The van der Waals surface area contributed by atoms with E-state index in [-0.39, 0.29) is 0 Å².